The second kappa shape index (κ2) is 13.4. The molecule has 10 nitrogen and oxygen atoms in total. The maximum atomic E-state index is 14.6. The molecular weight excluding hydrogens is 602 g/mol. The largest absolute Gasteiger partial charge is 0.343 e. The standard InChI is InChI=1S/C35H46F2N8O2/c1-23(46)43-17-11-31-30(22-43)35(40-45(31)27-9-15-42(16-10-27)33(47)6-5-24-7-12-38-13-8-24)44-14-3-4-25-18-28(26-20-39-41(2)21-26)29(34(36)37)19-32(25)44/h18-21,24,27,34,38H,3-17,22H2,1-2H3. The van der Waals surface area contributed by atoms with Gasteiger partial charge in [-0.15, -0.1) is 0 Å². The molecule has 2 amide bonds. The summed E-state index contributed by atoms with van der Waals surface area (Å²) in [5, 5.41) is 12.9. The number of rotatable bonds is 7. The molecule has 252 valence electrons. The number of hydrogen-bond donors (Lipinski definition) is 1. The zero-order chi connectivity index (χ0) is 32.7. The lowest BCUT2D eigenvalue weighted by molar-refractivity contribution is -0.133. The van der Waals surface area contributed by atoms with Crippen molar-refractivity contribution in [2.75, 3.05) is 44.2 Å². The molecule has 12 heteroatoms. The number of alkyl halides is 2. The molecule has 47 heavy (non-hydrogen) atoms. The van der Waals surface area contributed by atoms with Gasteiger partial charge in [-0.3, -0.25) is 19.0 Å². The van der Waals surface area contributed by atoms with E-state index in [1.807, 2.05) is 15.9 Å². The molecule has 2 fully saturated rings. The van der Waals surface area contributed by atoms with Gasteiger partial charge in [-0.1, -0.05) is 0 Å². The van der Waals surface area contributed by atoms with Crippen LogP contribution in [0.5, 0.6) is 0 Å². The van der Waals surface area contributed by atoms with Crippen molar-refractivity contribution in [2.45, 2.75) is 83.7 Å². The predicted octanol–water partition coefficient (Wildman–Crippen LogP) is 5.15. The lowest BCUT2D eigenvalue weighted by Crippen LogP contribution is -2.40. The van der Waals surface area contributed by atoms with Crippen molar-refractivity contribution in [1.82, 2.24) is 34.7 Å². The number of anilines is 2. The third-order valence-corrected chi connectivity index (χ3v) is 10.8. The maximum Gasteiger partial charge on any atom is 0.264 e. The Kier molecular flexibility index (Phi) is 9.04. The number of nitrogens with zero attached hydrogens (tertiary/aromatic N) is 7. The molecule has 2 saturated heterocycles. The highest BCUT2D eigenvalue weighted by molar-refractivity contribution is 5.78. The van der Waals surface area contributed by atoms with Crippen LogP contribution in [0.1, 0.15) is 86.7 Å². The molecule has 2 aromatic heterocycles. The summed E-state index contributed by atoms with van der Waals surface area (Å²) in [5.41, 5.74) is 5.09. The third kappa shape index (κ3) is 6.40. The zero-order valence-corrected chi connectivity index (χ0v) is 27.6. The molecule has 0 saturated carbocycles. The van der Waals surface area contributed by atoms with Crippen molar-refractivity contribution in [2.24, 2.45) is 13.0 Å². The molecule has 1 N–H and O–H groups in total. The monoisotopic (exact) mass is 648 g/mol. The van der Waals surface area contributed by atoms with Crippen LogP contribution < -0.4 is 10.2 Å². The molecule has 0 unspecified atom stereocenters. The zero-order valence-electron chi connectivity index (χ0n) is 27.6. The fourth-order valence-corrected chi connectivity index (χ4v) is 8.09. The van der Waals surface area contributed by atoms with Crippen molar-refractivity contribution < 1.29 is 18.4 Å². The Balaban J connectivity index is 1.16. The lowest BCUT2D eigenvalue weighted by Gasteiger charge is -2.34. The maximum absolute atomic E-state index is 14.6. The van der Waals surface area contributed by atoms with Gasteiger partial charge in [-0.2, -0.15) is 10.2 Å². The molecule has 1 aromatic carbocycles. The molecule has 0 radical (unpaired) electrons. The molecule has 4 aliphatic heterocycles. The number of aryl methyl sites for hydroxylation is 2. The Morgan fingerprint density at radius 1 is 1.02 bits per heavy atom. The van der Waals surface area contributed by atoms with E-state index in [0.29, 0.717) is 62.6 Å². The highest BCUT2D eigenvalue weighted by Gasteiger charge is 2.35. The number of halogens is 2. The molecule has 4 aliphatic rings. The number of likely N-dealkylation sites (tertiary alicyclic amines) is 1. The Morgan fingerprint density at radius 2 is 1.81 bits per heavy atom. The minimum atomic E-state index is -2.65. The van der Waals surface area contributed by atoms with Crippen LogP contribution in [0.15, 0.2) is 24.5 Å². The fraction of sp³-hybridized carbons (Fsp3) is 0.600. The summed E-state index contributed by atoms with van der Waals surface area (Å²) in [5.74, 6) is 1.68. The van der Waals surface area contributed by atoms with E-state index in [2.05, 4.69) is 20.0 Å². The van der Waals surface area contributed by atoms with Gasteiger partial charge < -0.3 is 20.0 Å². The normalized spacial score (nSPS) is 19.3. The second-order valence-electron chi connectivity index (χ2n) is 13.8. The van der Waals surface area contributed by atoms with Crippen LogP contribution in [0.3, 0.4) is 0 Å². The molecule has 7 rings (SSSR count). The first-order valence-electron chi connectivity index (χ1n) is 17.3. The van der Waals surface area contributed by atoms with Crippen LogP contribution >= 0.6 is 0 Å². The van der Waals surface area contributed by atoms with Gasteiger partial charge in [0, 0.05) is 87.3 Å². The fourth-order valence-electron chi connectivity index (χ4n) is 8.09. The Hall–Kier alpha value is -3.80. The number of fused-ring (bicyclic) bond motifs is 2. The number of piperidine rings is 2. The first-order valence-corrected chi connectivity index (χ1v) is 17.3. The van der Waals surface area contributed by atoms with Gasteiger partial charge in [-0.05, 0) is 87.2 Å². The first kappa shape index (κ1) is 31.8. The number of benzene rings is 1. The number of hydrogen-bond acceptors (Lipinski definition) is 6. The van der Waals surface area contributed by atoms with E-state index >= 15 is 0 Å². The van der Waals surface area contributed by atoms with E-state index < -0.39 is 6.43 Å². The summed E-state index contributed by atoms with van der Waals surface area (Å²) in [6.07, 6.45) is 8.65. The van der Waals surface area contributed by atoms with Crippen LogP contribution in [0.2, 0.25) is 0 Å². The molecule has 6 heterocycles. The van der Waals surface area contributed by atoms with Crippen molar-refractivity contribution in [1.29, 1.82) is 0 Å². The van der Waals surface area contributed by atoms with E-state index in [-0.39, 0.29) is 23.4 Å². The second-order valence-corrected chi connectivity index (χ2v) is 13.8. The highest BCUT2D eigenvalue weighted by Crippen LogP contribution is 2.43. The molecule has 0 spiro atoms. The minimum absolute atomic E-state index is 0.0143. The number of amides is 2. The predicted molar refractivity (Wildman–Crippen MR) is 176 cm³/mol. The van der Waals surface area contributed by atoms with E-state index in [0.717, 1.165) is 86.4 Å². The number of nitrogens with one attached hydrogen (secondary N) is 1. The minimum Gasteiger partial charge on any atom is -0.343 e. The Labute approximate surface area is 275 Å². The Bertz CT molecular complexity index is 1620. The smallest absolute Gasteiger partial charge is 0.264 e. The van der Waals surface area contributed by atoms with Crippen molar-refractivity contribution in [3.63, 3.8) is 0 Å². The van der Waals surface area contributed by atoms with Gasteiger partial charge in [0.2, 0.25) is 11.8 Å². The number of carbonyl (C=O) groups is 2. The summed E-state index contributed by atoms with van der Waals surface area (Å²) < 4.78 is 32.9. The molecule has 0 atom stereocenters. The Morgan fingerprint density at radius 3 is 2.51 bits per heavy atom. The lowest BCUT2D eigenvalue weighted by atomic mass is 9.92. The van der Waals surface area contributed by atoms with Crippen LogP contribution in [0.25, 0.3) is 11.1 Å². The van der Waals surface area contributed by atoms with Gasteiger partial charge in [0.25, 0.3) is 6.43 Å². The summed E-state index contributed by atoms with van der Waals surface area (Å²) in [6.45, 7) is 6.85. The van der Waals surface area contributed by atoms with Gasteiger partial charge in [0.05, 0.1) is 18.8 Å². The summed E-state index contributed by atoms with van der Waals surface area (Å²) in [6, 6.07) is 3.69. The summed E-state index contributed by atoms with van der Waals surface area (Å²) in [4.78, 5) is 31.6. The molecule has 0 aliphatic carbocycles. The van der Waals surface area contributed by atoms with Crippen LogP contribution in [0.4, 0.5) is 20.3 Å². The van der Waals surface area contributed by atoms with E-state index in [1.165, 1.54) is 0 Å². The van der Waals surface area contributed by atoms with E-state index in [4.69, 9.17) is 5.10 Å². The van der Waals surface area contributed by atoms with Gasteiger partial charge in [0.15, 0.2) is 5.82 Å². The SMILES string of the molecule is CC(=O)N1CCc2c(c(N3CCCc4cc(-c5cnn(C)c5)c(C(F)F)cc43)nn2C2CCN(C(=O)CCC3CCNCC3)CC2)C1. The highest BCUT2D eigenvalue weighted by atomic mass is 19.3. The number of aromatic nitrogens is 4. The van der Waals surface area contributed by atoms with E-state index in [1.54, 1.807) is 37.1 Å². The number of carbonyl (C=O) groups excluding carboxylic acids is 2. The molecule has 3 aromatic rings. The summed E-state index contributed by atoms with van der Waals surface area (Å²) >= 11 is 0. The van der Waals surface area contributed by atoms with Gasteiger partial charge in [-0.25, -0.2) is 8.78 Å². The van der Waals surface area contributed by atoms with Gasteiger partial charge >= 0.3 is 0 Å². The van der Waals surface area contributed by atoms with Crippen LogP contribution in [0, 0.1) is 5.92 Å². The van der Waals surface area contributed by atoms with Gasteiger partial charge in [0.1, 0.15) is 0 Å². The first-order chi connectivity index (χ1) is 22.8. The van der Waals surface area contributed by atoms with Crippen LogP contribution in [-0.4, -0.2) is 80.4 Å². The van der Waals surface area contributed by atoms with E-state index in [9.17, 15) is 18.4 Å². The van der Waals surface area contributed by atoms with Crippen molar-refractivity contribution >= 4 is 23.3 Å². The summed E-state index contributed by atoms with van der Waals surface area (Å²) in [7, 11) is 1.79. The molecule has 0 bridgehead atoms. The van der Waals surface area contributed by atoms with Crippen molar-refractivity contribution in [3.8, 4) is 11.1 Å². The topological polar surface area (TPSA) is 91.5 Å². The quantitative estimate of drug-likeness (QED) is 0.381. The van der Waals surface area contributed by atoms with Crippen LogP contribution in [-0.2, 0) is 36.0 Å². The molecular formula is C35H46F2N8O2. The van der Waals surface area contributed by atoms with Crippen molar-refractivity contribution in [3.05, 3.63) is 46.9 Å². The third-order valence-electron chi connectivity index (χ3n) is 10.8. The average Bonchev–Trinajstić information content (AvgIpc) is 3.70. The average molecular weight is 649 g/mol.